The van der Waals surface area contributed by atoms with E-state index in [1.54, 1.807) is 4.90 Å². The predicted octanol–water partition coefficient (Wildman–Crippen LogP) is 2.52. The number of morpholine rings is 1. The molecule has 1 N–H and O–H groups in total. The number of amides is 2. The van der Waals surface area contributed by atoms with E-state index in [4.69, 9.17) is 4.74 Å². The van der Waals surface area contributed by atoms with E-state index in [-0.39, 0.29) is 30.2 Å². The Morgan fingerprint density at radius 1 is 1.16 bits per heavy atom. The molecular formula is C20H28N2O3. The fraction of sp³-hybridized carbons (Fsp3) is 0.600. The van der Waals surface area contributed by atoms with Crippen LogP contribution in [0.4, 0.5) is 0 Å². The van der Waals surface area contributed by atoms with Gasteiger partial charge < -0.3 is 15.0 Å². The Morgan fingerprint density at radius 3 is 2.56 bits per heavy atom. The zero-order valence-electron chi connectivity index (χ0n) is 15.1. The molecule has 1 aliphatic carbocycles. The van der Waals surface area contributed by atoms with Crippen LogP contribution in [0.5, 0.6) is 0 Å². The third kappa shape index (κ3) is 4.40. The van der Waals surface area contributed by atoms with Gasteiger partial charge in [-0.3, -0.25) is 9.59 Å². The predicted molar refractivity (Wildman–Crippen MR) is 96.1 cm³/mol. The molecule has 3 rings (SSSR count). The second kappa shape index (κ2) is 8.00. The van der Waals surface area contributed by atoms with Crippen LogP contribution < -0.4 is 5.32 Å². The average Bonchev–Trinajstić information content (AvgIpc) is 3.10. The Hall–Kier alpha value is -1.88. The van der Waals surface area contributed by atoms with Crippen molar-refractivity contribution in [3.63, 3.8) is 0 Å². The van der Waals surface area contributed by atoms with Crippen LogP contribution in [0.2, 0.25) is 0 Å². The van der Waals surface area contributed by atoms with E-state index in [9.17, 15) is 9.59 Å². The molecule has 2 amide bonds. The molecule has 5 heteroatoms. The molecule has 5 nitrogen and oxygen atoms in total. The molecule has 0 spiro atoms. The first-order valence-corrected chi connectivity index (χ1v) is 9.33. The van der Waals surface area contributed by atoms with Crippen molar-refractivity contribution in [3.8, 4) is 0 Å². The summed E-state index contributed by atoms with van der Waals surface area (Å²) in [5, 5.41) is 3.26. The van der Waals surface area contributed by atoms with E-state index in [0.29, 0.717) is 26.3 Å². The molecule has 1 saturated carbocycles. The molecule has 2 fully saturated rings. The molecular weight excluding hydrogens is 316 g/mol. The lowest BCUT2D eigenvalue weighted by molar-refractivity contribution is -0.137. The van der Waals surface area contributed by atoms with Crippen molar-refractivity contribution < 1.29 is 14.3 Å². The molecule has 1 aromatic rings. The number of nitrogens with zero attached hydrogens (tertiary/aromatic N) is 1. The van der Waals surface area contributed by atoms with Crippen LogP contribution in [-0.4, -0.2) is 43.0 Å². The maximum absolute atomic E-state index is 12.5. The van der Waals surface area contributed by atoms with E-state index >= 15 is 0 Å². The summed E-state index contributed by atoms with van der Waals surface area (Å²) in [7, 11) is 0. The van der Waals surface area contributed by atoms with E-state index < -0.39 is 0 Å². The number of benzene rings is 1. The highest BCUT2D eigenvalue weighted by Crippen LogP contribution is 2.39. The minimum Gasteiger partial charge on any atom is -0.378 e. The van der Waals surface area contributed by atoms with Gasteiger partial charge >= 0.3 is 0 Å². The van der Waals surface area contributed by atoms with E-state index in [2.05, 4.69) is 36.5 Å². The summed E-state index contributed by atoms with van der Waals surface area (Å²) in [5.74, 6) is 0.0273. The van der Waals surface area contributed by atoms with Gasteiger partial charge in [0.15, 0.2) is 0 Å². The molecule has 0 bridgehead atoms. The molecule has 1 heterocycles. The first-order valence-electron chi connectivity index (χ1n) is 9.33. The molecule has 0 aromatic heterocycles. The normalized spacial score (nSPS) is 19.6. The van der Waals surface area contributed by atoms with Gasteiger partial charge in [0.25, 0.3) is 0 Å². The molecule has 1 saturated heterocycles. The van der Waals surface area contributed by atoms with Gasteiger partial charge in [0.05, 0.1) is 18.8 Å². The standard InChI is InChI=1S/C20H28N2O3/c1-16-5-4-6-17(15-16)20(9-2-3-10-20)21-18(23)7-8-19(24)22-11-13-25-14-12-22/h4-6,15H,2-3,7-14H2,1H3,(H,21,23). The Morgan fingerprint density at radius 2 is 1.88 bits per heavy atom. The number of aryl methyl sites for hydroxylation is 1. The van der Waals surface area contributed by atoms with Gasteiger partial charge in [-0.1, -0.05) is 42.7 Å². The summed E-state index contributed by atoms with van der Waals surface area (Å²) >= 11 is 0. The van der Waals surface area contributed by atoms with E-state index in [1.807, 2.05) is 0 Å². The van der Waals surface area contributed by atoms with Gasteiger partial charge in [0.1, 0.15) is 0 Å². The zero-order chi connectivity index (χ0) is 17.7. The number of nitrogens with one attached hydrogen (secondary N) is 1. The highest BCUT2D eigenvalue weighted by Gasteiger charge is 2.37. The summed E-state index contributed by atoms with van der Waals surface area (Å²) in [6.45, 7) is 4.53. The Labute approximate surface area is 149 Å². The van der Waals surface area contributed by atoms with Crippen LogP contribution in [0.1, 0.15) is 49.7 Å². The summed E-state index contributed by atoms with van der Waals surface area (Å²) in [6.07, 6.45) is 4.72. The van der Waals surface area contributed by atoms with Crippen molar-refractivity contribution in [1.82, 2.24) is 10.2 Å². The first kappa shape index (κ1) is 17.9. The maximum Gasteiger partial charge on any atom is 0.223 e. The van der Waals surface area contributed by atoms with Gasteiger partial charge in [-0.25, -0.2) is 0 Å². The van der Waals surface area contributed by atoms with Gasteiger partial charge in [0.2, 0.25) is 11.8 Å². The SMILES string of the molecule is Cc1cccc(C2(NC(=O)CCC(=O)N3CCOCC3)CCCC2)c1. The summed E-state index contributed by atoms with van der Waals surface area (Å²) in [5.41, 5.74) is 2.14. The monoisotopic (exact) mass is 344 g/mol. The van der Waals surface area contributed by atoms with Gasteiger partial charge in [-0.05, 0) is 25.3 Å². The molecule has 0 unspecified atom stereocenters. The third-order valence-electron chi connectivity index (χ3n) is 5.34. The Kier molecular flexibility index (Phi) is 5.74. The minimum absolute atomic E-state index is 0.0231. The number of ether oxygens (including phenoxy) is 1. The van der Waals surface area contributed by atoms with Crippen molar-refractivity contribution >= 4 is 11.8 Å². The number of carbonyl (C=O) groups excluding carboxylic acids is 2. The van der Waals surface area contributed by atoms with Crippen molar-refractivity contribution in [2.45, 2.75) is 51.0 Å². The highest BCUT2D eigenvalue weighted by molar-refractivity contribution is 5.84. The number of hydrogen-bond donors (Lipinski definition) is 1. The maximum atomic E-state index is 12.5. The van der Waals surface area contributed by atoms with Crippen molar-refractivity contribution in [1.29, 1.82) is 0 Å². The largest absolute Gasteiger partial charge is 0.378 e. The minimum atomic E-state index is -0.259. The van der Waals surface area contributed by atoms with Gasteiger partial charge in [0, 0.05) is 25.9 Å². The fourth-order valence-corrected chi connectivity index (χ4v) is 3.93. The quantitative estimate of drug-likeness (QED) is 0.893. The number of hydrogen-bond acceptors (Lipinski definition) is 3. The lowest BCUT2D eigenvalue weighted by Crippen LogP contribution is -2.45. The van der Waals surface area contributed by atoms with Gasteiger partial charge in [-0.15, -0.1) is 0 Å². The van der Waals surface area contributed by atoms with E-state index in [0.717, 1.165) is 25.7 Å². The Bertz CT molecular complexity index is 617. The lowest BCUT2D eigenvalue weighted by atomic mass is 9.87. The van der Waals surface area contributed by atoms with Crippen molar-refractivity contribution in [2.75, 3.05) is 26.3 Å². The third-order valence-corrected chi connectivity index (χ3v) is 5.34. The molecule has 1 aromatic carbocycles. The van der Waals surface area contributed by atoms with Crippen LogP contribution >= 0.6 is 0 Å². The fourth-order valence-electron chi connectivity index (χ4n) is 3.93. The summed E-state index contributed by atoms with van der Waals surface area (Å²) < 4.78 is 5.26. The number of rotatable bonds is 5. The number of carbonyl (C=O) groups is 2. The summed E-state index contributed by atoms with van der Waals surface area (Å²) in [6, 6.07) is 8.41. The summed E-state index contributed by atoms with van der Waals surface area (Å²) in [4.78, 5) is 26.6. The molecule has 1 aliphatic heterocycles. The molecule has 0 radical (unpaired) electrons. The van der Waals surface area contributed by atoms with Crippen LogP contribution in [0.3, 0.4) is 0 Å². The van der Waals surface area contributed by atoms with Gasteiger partial charge in [-0.2, -0.15) is 0 Å². The van der Waals surface area contributed by atoms with Crippen LogP contribution in [0.25, 0.3) is 0 Å². The van der Waals surface area contributed by atoms with E-state index in [1.165, 1.54) is 11.1 Å². The molecule has 0 atom stereocenters. The van der Waals surface area contributed by atoms with Crippen molar-refractivity contribution in [2.24, 2.45) is 0 Å². The second-order valence-electron chi connectivity index (χ2n) is 7.20. The molecule has 136 valence electrons. The molecule has 2 aliphatic rings. The molecule has 25 heavy (non-hydrogen) atoms. The zero-order valence-corrected chi connectivity index (χ0v) is 15.1. The first-order chi connectivity index (χ1) is 12.1. The Balaban J connectivity index is 1.59. The van der Waals surface area contributed by atoms with Crippen LogP contribution in [0.15, 0.2) is 24.3 Å². The average molecular weight is 344 g/mol. The van der Waals surface area contributed by atoms with Crippen molar-refractivity contribution in [3.05, 3.63) is 35.4 Å². The highest BCUT2D eigenvalue weighted by atomic mass is 16.5. The van der Waals surface area contributed by atoms with Crippen LogP contribution in [-0.2, 0) is 19.9 Å². The second-order valence-corrected chi connectivity index (χ2v) is 7.20. The van der Waals surface area contributed by atoms with Crippen LogP contribution in [0, 0.1) is 6.92 Å². The topological polar surface area (TPSA) is 58.6 Å². The smallest absolute Gasteiger partial charge is 0.223 e. The lowest BCUT2D eigenvalue weighted by Gasteiger charge is -2.32.